The number of hydrogen-bond acceptors (Lipinski definition) is 5. The van der Waals surface area contributed by atoms with E-state index in [0.717, 1.165) is 7.11 Å². The molecule has 0 amide bonds. The summed E-state index contributed by atoms with van der Waals surface area (Å²) in [5, 5.41) is 9.13. The number of ether oxygens (including phenoxy) is 1. The molecular formula is C10H17NO6S. The molecule has 1 saturated carbocycles. The zero-order valence-electron chi connectivity index (χ0n) is 10.1. The van der Waals surface area contributed by atoms with Gasteiger partial charge in [0.25, 0.3) is 0 Å². The van der Waals surface area contributed by atoms with Crippen molar-refractivity contribution in [3.05, 3.63) is 0 Å². The third-order valence-electron chi connectivity index (χ3n) is 3.02. The Balaban J connectivity index is 2.69. The number of sulfonamides is 1. The van der Waals surface area contributed by atoms with Crippen LogP contribution in [0.1, 0.15) is 32.1 Å². The summed E-state index contributed by atoms with van der Waals surface area (Å²) in [6.07, 6.45) is 1.61. The summed E-state index contributed by atoms with van der Waals surface area (Å²) in [5.41, 5.74) is -1.41. The van der Waals surface area contributed by atoms with Gasteiger partial charge >= 0.3 is 11.9 Å². The molecule has 0 aromatic carbocycles. The SMILES string of the molecule is COC(=O)CCS(=O)(=O)NC1(C(=O)O)CCCC1. The van der Waals surface area contributed by atoms with Crippen LogP contribution in [0, 0.1) is 0 Å². The van der Waals surface area contributed by atoms with E-state index >= 15 is 0 Å². The molecule has 2 N–H and O–H groups in total. The summed E-state index contributed by atoms with van der Waals surface area (Å²) >= 11 is 0. The average molecular weight is 279 g/mol. The Kier molecular flexibility index (Phi) is 4.69. The monoisotopic (exact) mass is 279 g/mol. The second-order valence-electron chi connectivity index (χ2n) is 4.34. The fourth-order valence-electron chi connectivity index (χ4n) is 2.01. The predicted molar refractivity (Wildman–Crippen MR) is 62.4 cm³/mol. The van der Waals surface area contributed by atoms with Crippen molar-refractivity contribution in [2.75, 3.05) is 12.9 Å². The minimum atomic E-state index is -3.81. The second kappa shape index (κ2) is 5.66. The lowest BCUT2D eigenvalue weighted by molar-refractivity contribution is -0.143. The van der Waals surface area contributed by atoms with E-state index in [9.17, 15) is 18.0 Å². The molecule has 1 rings (SSSR count). The van der Waals surface area contributed by atoms with Crippen molar-refractivity contribution in [2.24, 2.45) is 0 Å². The van der Waals surface area contributed by atoms with Crippen molar-refractivity contribution < 1.29 is 27.9 Å². The average Bonchev–Trinajstić information content (AvgIpc) is 2.75. The summed E-state index contributed by atoms with van der Waals surface area (Å²) in [7, 11) is -2.64. The van der Waals surface area contributed by atoms with Gasteiger partial charge in [0.2, 0.25) is 10.0 Å². The van der Waals surface area contributed by atoms with Gasteiger partial charge in [-0.05, 0) is 12.8 Å². The largest absolute Gasteiger partial charge is 0.480 e. The number of esters is 1. The molecular weight excluding hydrogens is 262 g/mol. The first-order valence-corrected chi connectivity index (χ1v) is 7.28. The molecule has 0 aliphatic heterocycles. The number of hydrogen-bond donors (Lipinski definition) is 2. The standard InChI is InChI=1S/C10H17NO6S/c1-17-8(12)4-7-18(15,16)11-10(9(13)14)5-2-3-6-10/h11H,2-7H2,1H3,(H,13,14). The van der Waals surface area contributed by atoms with E-state index < -0.39 is 33.3 Å². The molecule has 0 heterocycles. The molecule has 0 aromatic rings. The molecule has 0 radical (unpaired) electrons. The van der Waals surface area contributed by atoms with Gasteiger partial charge in [0.05, 0.1) is 19.3 Å². The highest BCUT2D eigenvalue weighted by Gasteiger charge is 2.44. The third kappa shape index (κ3) is 3.67. The number of methoxy groups -OCH3 is 1. The van der Waals surface area contributed by atoms with Crippen molar-refractivity contribution >= 4 is 22.0 Å². The minimum absolute atomic E-state index is 0.278. The number of carbonyl (C=O) groups is 2. The van der Waals surface area contributed by atoms with Crippen molar-refractivity contribution in [3.8, 4) is 0 Å². The number of nitrogens with one attached hydrogen (secondary N) is 1. The van der Waals surface area contributed by atoms with E-state index in [2.05, 4.69) is 9.46 Å². The Hall–Kier alpha value is -1.15. The van der Waals surface area contributed by atoms with Gasteiger partial charge in [0, 0.05) is 0 Å². The summed E-state index contributed by atoms with van der Waals surface area (Å²) in [6.45, 7) is 0. The van der Waals surface area contributed by atoms with E-state index in [-0.39, 0.29) is 19.3 Å². The molecule has 0 aromatic heterocycles. The van der Waals surface area contributed by atoms with Gasteiger partial charge in [-0.15, -0.1) is 0 Å². The molecule has 18 heavy (non-hydrogen) atoms. The highest BCUT2D eigenvalue weighted by Crippen LogP contribution is 2.30. The summed E-state index contributed by atoms with van der Waals surface area (Å²) in [5.74, 6) is -2.27. The van der Waals surface area contributed by atoms with E-state index in [0.29, 0.717) is 12.8 Å². The summed E-state index contributed by atoms with van der Waals surface area (Å²) in [6, 6.07) is 0. The maximum absolute atomic E-state index is 11.7. The summed E-state index contributed by atoms with van der Waals surface area (Å²) in [4.78, 5) is 22.1. The van der Waals surface area contributed by atoms with E-state index in [1.165, 1.54) is 0 Å². The van der Waals surface area contributed by atoms with E-state index in [4.69, 9.17) is 5.11 Å². The Morgan fingerprint density at radius 2 is 1.89 bits per heavy atom. The van der Waals surface area contributed by atoms with Gasteiger partial charge in [-0.25, -0.2) is 8.42 Å². The molecule has 1 fully saturated rings. The zero-order valence-corrected chi connectivity index (χ0v) is 11.0. The minimum Gasteiger partial charge on any atom is -0.480 e. The molecule has 0 saturated heterocycles. The number of carboxylic acid groups (broad SMARTS) is 1. The van der Waals surface area contributed by atoms with Crippen LogP contribution in [-0.2, 0) is 24.3 Å². The van der Waals surface area contributed by atoms with Crippen molar-refractivity contribution in [3.63, 3.8) is 0 Å². The molecule has 104 valence electrons. The smallest absolute Gasteiger partial charge is 0.324 e. The van der Waals surface area contributed by atoms with Crippen LogP contribution in [0.5, 0.6) is 0 Å². The van der Waals surface area contributed by atoms with Crippen LogP contribution in [-0.4, -0.2) is 43.9 Å². The maximum Gasteiger partial charge on any atom is 0.324 e. The first-order chi connectivity index (χ1) is 8.31. The lowest BCUT2D eigenvalue weighted by atomic mass is 10.0. The first kappa shape index (κ1) is 14.9. The van der Waals surface area contributed by atoms with Crippen molar-refractivity contribution in [1.82, 2.24) is 4.72 Å². The molecule has 1 aliphatic carbocycles. The second-order valence-corrected chi connectivity index (χ2v) is 6.18. The number of rotatable bonds is 6. The van der Waals surface area contributed by atoms with Gasteiger partial charge < -0.3 is 9.84 Å². The van der Waals surface area contributed by atoms with Crippen LogP contribution in [0.25, 0.3) is 0 Å². The molecule has 0 atom stereocenters. The fourth-order valence-corrected chi connectivity index (χ4v) is 3.43. The van der Waals surface area contributed by atoms with Crippen molar-refractivity contribution in [1.29, 1.82) is 0 Å². The first-order valence-electron chi connectivity index (χ1n) is 5.63. The Morgan fingerprint density at radius 3 is 2.33 bits per heavy atom. The fraction of sp³-hybridized carbons (Fsp3) is 0.800. The van der Waals surface area contributed by atoms with Crippen LogP contribution in [0.15, 0.2) is 0 Å². The van der Waals surface area contributed by atoms with Gasteiger partial charge in [-0.3, -0.25) is 9.59 Å². The van der Waals surface area contributed by atoms with Gasteiger partial charge in [-0.2, -0.15) is 4.72 Å². The topological polar surface area (TPSA) is 110 Å². The number of aliphatic carboxylic acids is 1. The third-order valence-corrected chi connectivity index (χ3v) is 4.46. The number of carbonyl (C=O) groups excluding carboxylic acids is 1. The van der Waals surface area contributed by atoms with Gasteiger partial charge in [-0.1, -0.05) is 12.8 Å². The molecule has 0 bridgehead atoms. The molecule has 0 unspecified atom stereocenters. The van der Waals surface area contributed by atoms with Crippen LogP contribution in [0.4, 0.5) is 0 Å². The Bertz CT molecular complexity index is 424. The molecule has 8 heteroatoms. The summed E-state index contributed by atoms with van der Waals surface area (Å²) < 4.78 is 30.0. The lowest BCUT2D eigenvalue weighted by Crippen LogP contribution is -2.53. The zero-order chi connectivity index (χ0) is 13.8. The lowest BCUT2D eigenvalue weighted by Gasteiger charge is -2.24. The Morgan fingerprint density at radius 1 is 1.33 bits per heavy atom. The Labute approximate surface area is 106 Å². The van der Waals surface area contributed by atoms with Crippen LogP contribution >= 0.6 is 0 Å². The van der Waals surface area contributed by atoms with Crippen LogP contribution in [0.3, 0.4) is 0 Å². The highest BCUT2D eigenvalue weighted by atomic mass is 32.2. The van der Waals surface area contributed by atoms with Gasteiger partial charge in [0.1, 0.15) is 5.54 Å². The highest BCUT2D eigenvalue weighted by molar-refractivity contribution is 7.89. The normalized spacial score (nSPS) is 18.5. The maximum atomic E-state index is 11.7. The predicted octanol–water partition coefficient (Wildman–Crippen LogP) is -0.134. The molecule has 1 aliphatic rings. The van der Waals surface area contributed by atoms with E-state index in [1.807, 2.05) is 0 Å². The van der Waals surface area contributed by atoms with E-state index in [1.54, 1.807) is 0 Å². The molecule has 0 spiro atoms. The number of carboxylic acids is 1. The quantitative estimate of drug-likeness (QED) is 0.655. The van der Waals surface area contributed by atoms with Crippen LogP contribution < -0.4 is 4.72 Å². The van der Waals surface area contributed by atoms with Crippen molar-refractivity contribution in [2.45, 2.75) is 37.6 Å². The van der Waals surface area contributed by atoms with Gasteiger partial charge in [0.15, 0.2) is 0 Å². The molecule has 7 nitrogen and oxygen atoms in total. The van der Waals surface area contributed by atoms with Crippen LogP contribution in [0.2, 0.25) is 0 Å².